The molecule has 24 heavy (non-hydrogen) atoms. The summed E-state index contributed by atoms with van der Waals surface area (Å²) in [5, 5.41) is 3.34. The van der Waals surface area contributed by atoms with Crippen molar-refractivity contribution in [2.75, 3.05) is 26.2 Å². The lowest BCUT2D eigenvalue weighted by molar-refractivity contribution is -0.137. The summed E-state index contributed by atoms with van der Waals surface area (Å²) >= 11 is 0. The predicted molar refractivity (Wildman–Crippen MR) is 92.5 cm³/mol. The van der Waals surface area contributed by atoms with E-state index in [0.29, 0.717) is 5.92 Å². The molecular formula is C18H26ClF3N2. The van der Waals surface area contributed by atoms with Crippen LogP contribution in [0.25, 0.3) is 0 Å². The maximum absolute atomic E-state index is 13.1. The van der Waals surface area contributed by atoms with Gasteiger partial charge in [0.15, 0.2) is 0 Å². The topological polar surface area (TPSA) is 15.3 Å². The highest BCUT2D eigenvalue weighted by molar-refractivity contribution is 5.85. The highest BCUT2D eigenvalue weighted by atomic mass is 35.5. The van der Waals surface area contributed by atoms with Crippen LogP contribution in [-0.4, -0.2) is 31.1 Å². The van der Waals surface area contributed by atoms with E-state index in [-0.39, 0.29) is 18.4 Å². The Morgan fingerprint density at radius 3 is 2.33 bits per heavy atom. The molecule has 1 saturated heterocycles. The van der Waals surface area contributed by atoms with Crippen LogP contribution in [0.5, 0.6) is 0 Å². The third kappa shape index (κ3) is 4.64. The van der Waals surface area contributed by atoms with Gasteiger partial charge < -0.3 is 5.32 Å². The molecule has 6 heteroatoms. The van der Waals surface area contributed by atoms with Gasteiger partial charge in [-0.05, 0) is 36.5 Å². The summed E-state index contributed by atoms with van der Waals surface area (Å²) in [6.07, 6.45) is 1.65. The van der Waals surface area contributed by atoms with Gasteiger partial charge >= 0.3 is 6.18 Å². The minimum Gasteiger partial charge on any atom is -0.314 e. The molecule has 2 nitrogen and oxygen atoms in total. The van der Waals surface area contributed by atoms with Gasteiger partial charge in [-0.15, -0.1) is 12.4 Å². The summed E-state index contributed by atoms with van der Waals surface area (Å²) in [6, 6.07) is 6.13. The smallest absolute Gasteiger partial charge is 0.314 e. The third-order valence-corrected chi connectivity index (χ3v) is 5.20. The van der Waals surface area contributed by atoms with Crippen molar-refractivity contribution >= 4 is 12.4 Å². The van der Waals surface area contributed by atoms with E-state index in [0.717, 1.165) is 44.6 Å². The molecule has 1 aliphatic carbocycles. The highest BCUT2D eigenvalue weighted by Crippen LogP contribution is 2.40. The number of nitrogens with zero attached hydrogens (tertiary/aromatic N) is 1. The minimum atomic E-state index is -4.27. The van der Waals surface area contributed by atoms with E-state index in [1.807, 2.05) is 6.07 Å². The lowest BCUT2D eigenvalue weighted by atomic mass is 9.80. The highest BCUT2D eigenvalue weighted by Gasteiger charge is 2.34. The average molecular weight is 363 g/mol. The predicted octanol–water partition coefficient (Wildman–Crippen LogP) is 4.65. The number of piperazine rings is 1. The Bertz CT molecular complexity index is 491. The van der Waals surface area contributed by atoms with Crippen molar-refractivity contribution < 1.29 is 13.2 Å². The fraction of sp³-hybridized carbons (Fsp3) is 0.667. The summed E-state index contributed by atoms with van der Waals surface area (Å²) < 4.78 is 39.3. The van der Waals surface area contributed by atoms with Crippen LogP contribution >= 0.6 is 12.4 Å². The van der Waals surface area contributed by atoms with Gasteiger partial charge in [0, 0.05) is 32.2 Å². The van der Waals surface area contributed by atoms with Crippen LogP contribution < -0.4 is 5.32 Å². The van der Waals surface area contributed by atoms with E-state index in [1.165, 1.54) is 31.4 Å². The summed E-state index contributed by atoms with van der Waals surface area (Å²) in [5.41, 5.74) is 0.319. The van der Waals surface area contributed by atoms with E-state index in [9.17, 15) is 13.2 Å². The number of alkyl halides is 3. The number of rotatable bonds is 3. The van der Waals surface area contributed by atoms with Crippen LogP contribution in [0.2, 0.25) is 0 Å². The number of halogens is 4. The minimum absolute atomic E-state index is 0. The summed E-state index contributed by atoms with van der Waals surface area (Å²) in [5.74, 6) is 0.477. The van der Waals surface area contributed by atoms with Gasteiger partial charge in [0.2, 0.25) is 0 Å². The third-order valence-electron chi connectivity index (χ3n) is 5.20. The van der Waals surface area contributed by atoms with Crippen molar-refractivity contribution in [1.82, 2.24) is 10.2 Å². The molecule has 1 N–H and O–H groups in total. The normalized spacial score (nSPS) is 22.0. The molecule has 136 valence electrons. The Labute approximate surface area is 148 Å². The van der Waals surface area contributed by atoms with Gasteiger partial charge in [-0.1, -0.05) is 31.4 Å². The molecule has 0 spiro atoms. The Morgan fingerprint density at radius 2 is 1.71 bits per heavy atom. The van der Waals surface area contributed by atoms with Crippen LogP contribution in [0.15, 0.2) is 24.3 Å². The molecular weight excluding hydrogens is 337 g/mol. The van der Waals surface area contributed by atoms with Crippen molar-refractivity contribution in [1.29, 1.82) is 0 Å². The number of nitrogens with one attached hydrogen (secondary N) is 1. The molecule has 1 aromatic rings. The molecule has 1 saturated carbocycles. The van der Waals surface area contributed by atoms with Crippen LogP contribution in [-0.2, 0) is 6.18 Å². The number of hydrogen-bond acceptors (Lipinski definition) is 2. The Hall–Kier alpha value is -0.780. The van der Waals surface area contributed by atoms with E-state index in [1.54, 1.807) is 6.07 Å². The quantitative estimate of drug-likeness (QED) is 0.841. The Morgan fingerprint density at radius 1 is 1.04 bits per heavy atom. The Kier molecular flexibility index (Phi) is 6.96. The van der Waals surface area contributed by atoms with Gasteiger partial charge in [0.25, 0.3) is 0 Å². The van der Waals surface area contributed by atoms with E-state index >= 15 is 0 Å². The standard InChI is InChI=1S/C18H25F3N2.ClH/c19-18(20,21)16-8-4-7-15(13-16)17(14-5-2-1-3-6-14)23-11-9-22-10-12-23;/h4,7-8,13-14,17,22H,1-3,5-6,9-12H2;1H/t17-;/m0./s1. The molecule has 0 amide bonds. The SMILES string of the molecule is Cl.FC(F)(F)c1cccc([C@H](C2CCCCC2)N2CCNCC2)c1. The van der Waals surface area contributed by atoms with Crippen LogP contribution in [0.1, 0.15) is 49.3 Å². The summed E-state index contributed by atoms with van der Waals surface area (Å²) in [6.45, 7) is 3.67. The van der Waals surface area contributed by atoms with Crippen molar-refractivity contribution in [3.63, 3.8) is 0 Å². The zero-order chi connectivity index (χ0) is 16.3. The first kappa shape index (κ1) is 19.5. The second-order valence-corrected chi connectivity index (χ2v) is 6.75. The van der Waals surface area contributed by atoms with Gasteiger partial charge in [-0.3, -0.25) is 4.90 Å². The molecule has 3 rings (SSSR count). The molecule has 0 unspecified atom stereocenters. The maximum atomic E-state index is 13.1. The first-order valence-corrected chi connectivity index (χ1v) is 8.67. The van der Waals surface area contributed by atoms with Crippen molar-refractivity contribution in [3.8, 4) is 0 Å². The second-order valence-electron chi connectivity index (χ2n) is 6.75. The molecule has 1 aromatic carbocycles. The molecule has 0 aromatic heterocycles. The fourth-order valence-corrected chi connectivity index (χ4v) is 4.09. The molecule has 0 bridgehead atoms. The molecule has 0 radical (unpaired) electrons. The van der Waals surface area contributed by atoms with Gasteiger partial charge in [0.05, 0.1) is 5.56 Å². The van der Waals surface area contributed by atoms with E-state index in [2.05, 4.69) is 10.2 Å². The molecule has 1 atom stereocenters. The zero-order valence-corrected chi connectivity index (χ0v) is 14.6. The van der Waals surface area contributed by atoms with Gasteiger partial charge in [-0.25, -0.2) is 0 Å². The Balaban J connectivity index is 0.00000208. The second kappa shape index (κ2) is 8.54. The van der Waals surface area contributed by atoms with Crippen LogP contribution in [0.3, 0.4) is 0 Å². The molecule has 2 aliphatic rings. The average Bonchev–Trinajstić information content (AvgIpc) is 2.57. The summed E-state index contributed by atoms with van der Waals surface area (Å²) in [4.78, 5) is 2.39. The van der Waals surface area contributed by atoms with Crippen LogP contribution in [0, 0.1) is 5.92 Å². The zero-order valence-electron chi connectivity index (χ0n) is 13.8. The largest absolute Gasteiger partial charge is 0.416 e. The van der Waals surface area contributed by atoms with Crippen molar-refractivity contribution in [3.05, 3.63) is 35.4 Å². The molecule has 1 aliphatic heterocycles. The lowest BCUT2D eigenvalue weighted by Crippen LogP contribution is -2.47. The van der Waals surface area contributed by atoms with Crippen molar-refractivity contribution in [2.24, 2.45) is 5.92 Å². The first-order valence-electron chi connectivity index (χ1n) is 8.67. The monoisotopic (exact) mass is 362 g/mol. The van der Waals surface area contributed by atoms with E-state index in [4.69, 9.17) is 0 Å². The van der Waals surface area contributed by atoms with Crippen molar-refractivity contribution in [2.45, 2.75) is 44.3 Å². The lowest BCUT2D eigenvalue weighted by Gasteiger charge is -2.41. The molecule has 2 fully saturated rings. The fourth-order valence-electron chi connectivity index (χ4n) is 4.09. The van der Waals surface area contributed by atoms with Gasteiger partial charge in [-0.2, -0.15) is 13.2 Å². The molecule has 1 heterocycles. The van der Waals surface area contributed by atoms with Crippen LogP contribution in [0.4, 0.5) is 13.2 Å². The van der Waals surface area contributed by atoms with Gasteiger partial charge in [0.1, 0.15) is 0 Å². The summed E-state index contributed by atoms with van der Waals surface area (Å²) in [7, 11) is 0. The van der Waals surface area contributed by atoms with E-state index < -0.39 is 11.7 Å². The first-order chi connectivity index (χ1) is 11.1. The maximum Gasteiger partial charge on any atom is 0.416 e. The number of hydrogen-bond donors (Lipinski definition) is 1. The number of benzene rings is 1.